The fourth-order valence-electron chi connectivity index (χ4n) is 2.66. The van der Waals surface area contributed by atoms with Gasteiger partial charge in [-0.2, -0.15) is 5.26 Å². The molecule has 1 amide bonds. The Morgan fingerprint density at radius 2 is 2.16 bits per heavy atom. The van der Waals surface area contributed by atoms with E-state index in [4.69, 9.17) is 5.26 Å². The van der Waals surface area contributed by atoms with Crippen molar-refractivity contribution in [3.05, 3.63) is 53.1 Å². The van der Waals surface area contributed by atoms with Crippen LogP contribution in [0, 0.1) is 17.1 Å². The van der Waals surface area contributed by atoms with E-state index in [0.29, 0.717) is 37.3 Å². The Hall–Kier alpha value is -3.34. The van der Waals surface area contributed by atoms with Gasteiger partial charge in [-0.25, -0.2) is 14.4 Å². The summed E-state index contributed by atoms with van der Waals surface area (Å²) in [7, 11) is 0. The SMILES string of the molecule is N#Cc1cnc(NC2CCN(C(=O)c3cc(C=O)ccc3F)C2)nc1. The zero-order valence-electron chi connectivity index (χ0n) is 13.1. The first-order valence-corrected chi connectivity index (χ1v) is 7.63. The maximum Gasteiger partial charge on any atom is 0.256 e. The molecule has 1 atom stereocenters. The van der Waals surface area contributed by atoms with Crippen molar-refractivity contribution in [2.24, 2.45) is 0 Å². The van der Waals surface area contributed by atoms with Gasteiger partial charge >= 0.3 is 0 Å². The first-order chi connectivity index (χ1) is 12.1. The Bertz CT molecular complexity index is 847. The fraction of sp³-hybridized carbons (Fsp3) is 0.235. The van der Waals surface area contributed by atoms with Gasteiger partial charge in [-0.05, 0) is 24.6 Å². The number of anilines is 1. The van der Waals surface area contributed by atoms with E-state index in [1.165, 1.54) is 29.4 Å². The zero-order chi connectivity index (χ0) is 17.8. The van der Waals surface area contributed by atoms with E-state index in [2.05, 4.69) is 15.3 Å². The molecule has 1 aromatic carbocycles. The molecule has 0 saturated carbocycles. The number of benzene rings is 1. The number of hydrogen-bond donors (Lipinski definition) is 1. The Labute approximate surface area is 143 Å². The molecule has 126 valence electrons. The monoisotopic (exact) mass is 339 g/mol. The molecule has 25 heavy (non-hydrogen) atoms. The highest BCUT2D eigenvalue weighted by Gasteiger charge is 2.28. The lowest BCUT2D eigenvalue weighted by molar-refractivity contribution is 0.0787. The fourth-order valence-corrected chi connectivity index (χ4v) is 2.66. The van der Waals surface area contributed by atoms with Crippen LogP contribution in [0.1, 0.15) is 32.7 Å². The maximum atomic E-state index is 13.9. The summed E-state index contributed by atoms with van der Waals surface area (Å²) in [4.78, 5) is 32.9. The normalized spacial score (nSPS) is 16.3. The number of rotatable bonds is 4. The van der Waals surface area contributed by atoms with Crippen molar-refractivity contribution in [1.82, 2.24) is 14.9 Å². The minimum absolute atomic E-state index is 0.0748. The van der Waals surface area contributed by atoms with Crippen molar-refractivity contribution in [1.29, 1.82) is 5.26 Å². The van der Waals surface area contributed by atoms with Gasteiger partial charge in [-0.1, -0.05) is 0 Å². The molecule has 1 aliphatic heterocycles. The molecular formula is C17H14FN5O2. The zero-order valence-corrected chi connectivity index (χ0v) is 13.1. The topological polar surface area (TPSA) is 99.0 Å². The highest BCUT2D eigenvalue weighted by atomic mass is 19.1. The van der Waals surface area contributed by atoms with Crippen molar-refractivity contribution in [3.63, 3.8) is 0 Å². The molecule has 1 aliphatic rings. The molecule has 8 heteroatoms. The number of likely N-dealkylation sites (tertiary alicyclic amines) is 1. The Kier molecular flexibility index (Phi) is 4.66. The summed E-state index contributed by atoms with van der Waals surface area (Å²) >= 11 is 0. The van der Waals surface area contributed by atoms with Crippen LogP contribution in [0.3, 0.4) is 0 Å². The second-order valence-corrected chi connectivity index (χ2v) is 5.65. The van der Waals surface area contributed by atoms with Gasteiger partial charge in [0.2, 0.25) is 5.95 Å². The average molecular weight is 339 g/mol. The molecule has 2 heterocycles. The summed E-state index contributed by atoms with van der Waals surface area (Å²) in [6, 6.07) is 5.57. The molecule has 0 aliphatic carbocycles. The van der Waals surface area contributed by atoms with Crippen LogP contribution in [0.15, 0.2) is 30.6 Å². The smallest absolute Gasteiger partial charge is 0.256 e. The third-order valence-electron chi connectivity index (χ3n) is 3.95. The number of nitrogens with zero attached hydrogens (tertiary/aromatic N) is 4. The summed E-state index contributed by atoms with van der Waals surface area (Å²) in [5.41, 5.74) is 0.504. The predicted molar refractivity (Wildman–Crippen MR) is 86.5 cm³/mol. The summed E-state index contributed by atoms with van der Waals surface area (Å²) in [5.74, 6) is -0.735. The van der Waals surface area contributed by atoms with Crippen LogP contribution in [0.4, 0.5) is 10.3 Å². The van der Waals surface area contributed by atoms with E-state index in [9.17, 15) is 14.0 Å². The molecule has 2 aromatic rings. The summed E-state index contributed by atoms with van der Waals surface area (Å²) in [6.45, 7) is 0.824. The number of nitrogens with one attached hydrogen (secondary N) is 1. The number of carbonyl (C=O) groups excluding carboxylic acids is 2. The molecule has 0 radical (unpaired) electrons. The van der Waals surface area contributed by atoms with Gasteiger partial charge in [0.1, 0.15) is 18.2 Å². The Morgan fingerprint density at radius 1 is 1.40 bits per heavy atom. The summed E-state index contributed by atoms with van der Waals surface area (Å²) in [5, 5.41) is 11.8. The van der Waals surface area contributed by atoms with Crippen LogP contribution in [0.25, 0.3) is 0 Å². The van der Waals surface area contributed by atoms with E-state index in [1.807, 2.05) is 6.07 Å². The van der Waals surface area contributed by atoms with Crippen LogP contribution < -0.4 is 5.32 Å². The number of halogens is 1. The number of aromatic nitrogens is 2. The van der Waals surface area contributed by atoms with Gasteiger partial charge in [0, 0.05) is 24.7 Å². The molecule has 0 bridgehead atoms. The molecule has 1 aromatic heterocycles. The molecule has 0 spiro atoms. The van der Waals surface area contributed by atoms with E-state index >= 15 is 0 Å². The van der Waals surface area contributed by atoms with Gasteiger partial charge in [0.25, 0.3) is 5.91 Å². The molecule has 1 fully saturated rings. The van der Waals surface area contributed by atoms with Crippen molar-refractivity contribution < 1.29 is 14.0 Å². The van der Waals surface area contributed by atoms with Gasteiger partial charge in [-0.3, -0.25) is 9.59 Å². The largest absolute Gasteiger partial charge is 0.350 e. The quantitative estimate of drug-likeness (QED) is 0.850. The van der Waals surface area contributed by atoms with E-state index < -0.39 is 11.7 Å². The van der Waals surface area contributed by atoms with Crippen LogP contribution in [-0.2, 0) is 0 Å². The number of amides is 1. The van der Waals surface area contributed by atoms with Crippen molar-refractivity contribution >= 4 is 18.1 Å². The van der Waals surface area contributed by atoms with Gasteiger partial charge in [0.15, 0.2) is 0 Å². The maximum absolute atomic E-state index is 13.9. The van der Waals surface area contributed by atoms with Crippen molar-refractivity contribution in [2.75, 3.05) is 18.4 Å². The molecule has 1 N–H and O–H groups in total. The summed E-state index contributed by atoms with van der Waals surface area (Å²) < 4.78 is 13.9. The molecule has 1 unspecified atom stereocenters. The van der Waals surface area contributed by atoms with Crippen molar-refractivity contribution in [2.45, 2.75) is 12.5 Å². The first kappa shape index (κ1) is 16.5. The minimum atomic E-state index is -0.651. The number of carbonyl (C=O) groups is 2. The summed E-state index contributed by atoms with van der Waals surface area (Å²) in [6.07, 6.45) is 4.05. The van der Waals surface area contributed by atoms with Crippen LogP contribution in [-0.4, -0.2) is 46.2 Å². The molecule has 7 nitrogen and oxygen atoms in total. The molecule has 1 saturated heterocycles. The first-order valence-electron chi connectivity index (χ1n) is 7.63. The van der Waals surface area contributed by atoms with Crippen molar-refractivity contribution in [3.8, 4) is 6.07 Å². The second kappa shape index (κ2) is 7.05. The minimum Gasteiger partial charge on any atom is -0.350 e. The predicted octanol–water partition coefficient (Wildman–Crippen LogP) is 1.63. The Morgan fingerprint density at radius 3 is 2.84 bits per heavy atom. The second-order valence-electron chi connectivity index (χ2n) is 5.65. The van der Waals surface area contributed by atoms with Gasteiger partial charge in [0.05, 0.1) is 23.5 Å². The highest BCUT2D eigenvalue weighted by Crippen LogP contribution is 2.18. The lowest BCUT2D eigenvalue weighted by Crippen LogP contribution is -2.32. The molecule has 3 rings (SSSR count). The third-order valence-corrected chi connectivity index (χ3v) is 3.95. The van der Waals surface area contributed by atoms with Gasteiger partial charge < -0.3 is 10.2 Å². The standard InChI is InChI=1S/C17H14FN5O2/c18-15-2-1-11(10-24)5-14(15)16(25)23-4-3-13(9-23)22-17-20-7-12(6-19)8-21-17/h1-2,5,7-8,10,13H,3-4,9H2,(H,20,21,22). The van der Waals surface area contributed by atoms with E-state index in [-0.39, 0.29) is 17.2 Å². The van der Waals surface area contributed by atoms with E-state index in [1.54, 1.807) is 0 Å². The Balaban J connectivity index is 1.67. The average Bonchev–Trinajstić information content (AvgIpc) is 3.10. The van der Waals surface area contributed by atoms with Crippen LogP contribution in [0.2, 0.25) is 0 Å². The number of nitriles is 1. The lowest BCUT2D eigenvalue weighted by Gasteiger charge is -2.17. The van der Waals surface area contributed by atoms with Crippen LogP contribution >= 0.6 is 0 Å². The third kappa shape index (κ3) is 3.61. The molecular weight excluding hydrogens is 325 g/mol. The highest BCUT2D eigenvalue weighted by molar-refractivity contribution is 5.96. The van der Waals surface area contributed by atoms with Gasteiger partial charge in [-0.15, -0.1) is 0 Å². The van der Waals surface area contributed by atoms with Crippen LogP contribution in [0.5, 0.6) is 0 Å². The van der Waals surface area contributed by atoms with E-state index in [0.717, 1.165) is 6.07 Å². The number of aldehydes is 1. The lowest BCUT2D eigenvalue weighted by atomic mass is 10.1. The number of hydrogen-bond acceptors (Lipinski definition) is 6.